The molecule has 0 aromatic heterocycles. The summed E-state index contributed by atoms with van der Waals surface area (Å²) < 4.78 is 5.40. The van der Waals surface area contributed by atoms with Gasteiger partial charge in [-0.05, 0) is 48.2 Å². The Morgan fingerprint density at radius 2 is 1.86 bits per heavy atom. The third-order valence-electron chi connectivity index (χ3n) is 4.96. The molecule has 1 aliphatic rings. The minimum absolute atomic E-state index is 0. The van der Waals surface area contributed by atoms with Gasteiger partial charge >= 0.3 is 0 Å². The van der Waals surface area contributed by atoms with Crippen molar-refractivity contribution in [2.24, 2.45) is 4.99 Å². The Kier molecular flexibility index (Phi) is 9.31. The van der Waals surface area contributed by atoms with E-state index in [1.54, 1.807) is 14.2 Å². The molecule has 0 saturated heterocycles. The summed E-state index contributed by atoms with van der Waals surface area (Å²) in [5.74, 6) is 1.75. The van der Waals surface area contributed by atoms with E-state index in [2.05, 4.69) is 82.1 Å². The Balaban J connectivity index is 0.00000300. The number of methoxy groups -OCH3 is 1. The van der Waals surface area contributed by atoms with Crippen LogP contribution in [0.5, 0.6) is 5.75 Å². The maximum Gasteiger partial charge on any atom is 0.191 e. The Hall–Kier alpha value is -2.22. The summed E-state index contributed by atoms with van der Waals surface area (Å²) in [5, 5.41) is 6.79. The van der Waals surface area contributed by atoms with E-state index in [0.717, 1.165) is 49.9 Å². The molecule has 0 aliphatic carbocycles. The highest BCUT2D eigenvalue weighted by Gasteiger charge is 2.08. The molecule has 0 fully saturated rings. The fourth-order valence-electron chi connectivity index (χ4n) is 3.30. The fourth-order valence-corrected chi connectivity index (χ4v) is 3.30. The summed E-state index contributed by atoms with van der Waals surface area (Å²) in [5.41, 5.74) is 4.91. The molecule has 0 amide bonds. The third kappa shape index (κ3) is 6.66. The normalized spacial score (nSPS) is 13.2. The van der Waals surface area contributed by atoms with Gasteiger partial charge in [0.15, 0.2) is 5.96 Å². The van der Waals surface area contributed by atoms with Gasteiger partial charge in [0.2, 0.25) is 0 Å². The van der Waals surface area contributed by atoms with E-state index >= 15 is 0 Å². The minimum Gasteiger partial charge on any atom is -0.496 e. The van der Waals surface area contributed by atoms with Gasteiger partial charge in [0, 0.05) is 38.9 Å². The predicted octanol–water partition coefficient (Wildman–Crippen LogP) is 3.91. The number of aryl methyl sites for hydroxylation is 1. The Morgan fingerprint density at radius 1 is 1.07 bits per heavy atom. The average molecular weight is 506 g/mol. The number of hydrogen-bond donors (Lipinski definition) is 2. The van der Waals surface area contributed by atoms with Crippen molar-refractivity contribution in [2.75, 3.05) is 38.7 Å². The van der Waals surface area contributed by atoms with E-state index in [-0.39, 0.29) is 24.0 Å². The lowest BCUT2D eigenvalue weighted by Gasteiger charge is -2.19. The molecule has 0 radical (unpaired) electrons. The first-order chi connectivity index (χ1) is 13.7. The zero-order valence-corrected chi connectivity index (χ0v) is 19.8. The molecular weight excluding hydrogens is 475 g/mol. The number of hydrogen-bond acceptors (Lipinski definition) is 3. The van der Waals surface area contributed by atoms with E-state index in [0.29, 0.717) is 0 Å². The summed E-state index contributed by atoms with van der Waals surface area (Å²) >= 11 is 0. The number of halogens is 1. The van der Waals surface area contributed by atoms with Crippen molar-refractivity contribution < 1.29 is 4.74 Å². The smallest absolute Gasteiger partial charge is 0.191 e. The van der Waals surface area contributed by atoms with Crippen LogP contribution in [0.3, 0.4) is 0 Å². The summed E-state index contributed by atoms with van der Waals surface area (Å²) in [4.78, 5) is 6.68. The van der Waals surface area contributed by atoms with E-state index < -0.39 is 0 Å². The Morgan fingerprint density at radius 3 is 2.59 bits per heavy atom. The van der Waals surface area contributed by atoms with Gasteiger partial charge in [-0.3, -0.25) is 4.99 Å². The number of guanidine groups is 1. The number of rotatable bonds is 7. The van der Waals surface area contributed by atoms with E-state index in [4.69, 9.17) is 4.74 Å². The molecule has 2 aromatic rings. The number of ether oxygens (including phenoxy) is 1. The van der Waals surface area contributed by atoms with Crippen molar-refractivity contribution in [3.8, 4) is 5.75 Å². The van der Waals surface area contributed by atoms with Gasteiger partial charge in [-0.1, -0.05) is 36.4 Å². The lowest BCUT2D eigenvalue weighted by molar-refractivity contribution is 0.411. The van der Waals surface area contributed by atoms with Crippen LogP contribution in [0.25, 0.3) is 0 Å². The van der Waals surface area contributed by atoms with Gasteiger partial charge in [-0.2, -0.15) is 0 Å². The molecule has 156 valence electrons. The largest absolute Gasteiger partial charge is 0.496 e. The van der Waals surface area contributed by atoms with E-state index in [9.17, 15) is 0 Å². The third-order valence-corrected chi connectivity index (χ3v) is 4.96. The quantitative estimate of drug-likeness (QED) is 0.259. The summed E-state index contributed by atoms with van der Waals surface area (Å²) in [6.07, 6.45) is 5.33. The van der Waals surface area contributed by atoms with Gasteiger partial charge < -0.3 is 20.3 Å². The zero-order chi connectivity index (χ0) is 19.8. The zero-order valence-electron chi connectivity index (χ0n) is 17.4. The molecule has 0 bridgehead atoms. The van der Waals surface area contributed by atoms with E-state index in [1.807, 2.05) is 0 Å². The van der Waals surface area contributed by atoms with Crippen molar-refractivity contribution in [3.63, 3.8) is 0 Å². The van der Waals surface area contributed by atoms with Crippen molar-refractivity contribution in [1.29, 1.82) is 0 Å². The standard InChI is InChI=1S/C23H30N4O.HI/c1-18-9-10-19(16-22(18)28-3)11-12-25-23(24-2)26-17-20-7-6-8-21(15-20)27-13-4-5-14-27;/h4-10,15-16H,11-14,17H2,1-3H3,(H2,24,25,26);1H. The van der Waals surface area contributed by atoms with Crippen molar-refractivity contribution in [2.45, 2.75) is 19.9 Å². The SMILES string of the molecule is CN=C(NCCc1ccc(C)c(OC)c1)NCc1cccc(N2CC=CC2)c1.I. The van der Waals surface area contributed by atoms with Gasteiger partial charge in [-0.25, -0.2) is 0 Å². The molecular formula is C23H31IN4O. The molecule has 2 N–H and O–H groups in total. The molecule has 2 aromatic carbocycles. The van der Waals surface area contributed by atoms with Gasteiger partial charge in [0.05, 0.1) is 7.11 Å². The maximum absolute atomic E-state index is 5.40. The van der Waals surface area contributed by atoms with E-state index in [1.165, 1.54) is 16.8 Å². The van der Waals surface area contributed by atoms with Gasteiger partial charge in [0.25, 0.3) is 0 Å². The van der Waals surface area contributed by atoms with Gasteiger partial charge in [-0.15, -0.1) is 24.0 Å². The molecule has 0 saturated carbocycles. The highest BCUT2D eigenvalue weighted by molar-refractivity contribution is 14.0. The lowest BCUT2D eigenvalue weighted by Crippen LogP contribution is -2.37. The van der Waals surface area contributed by atoms with Crippen LogP contribution in [0.15, 0.2) is 59.6 Å². The minimum atomic E-state index is 0. The molecule has 1 heterocycles. The van der Waals surface area contributed by atoms with Crippen LogP contribution in [0.2, 0.25) is 0 Å². The second-order valence-electron chi connectivity index (χ2n) is 6.95. The summed E-state index contributed by atoms with van der Waals surface area (Å²) in [6, 6.07) is 15.0. The number of nitrogens with zero attached hydrogens (tertiary/aromatic N) is 2. The summed E-state index contributed by atoms with van der Waals surface area (Å²) in [6.45, 7) is 5.59. The maximum atomic E-state index is 5.40. The molecule has 29 heavy (non-hydrogen) atoms. The highest BCUT2D eigenvalue weighted by Crippen LogP contribution is 2.19. The number of anilines is 1. The number of nitrogens with one attached hydrogen (secondary N) is 2. The fraction of sp³-hybridized carbons (Fsp3) is 0.348. The molecule has 0 atom stereocenters. The summed E-state index contributed by atoms with van der Waals surface area (Å²) in [7, 11) is 3.52. The van der Waals surface area contributed by atoms with Crippen LogP contribution in [0, 0.1) is 6.92 Å². The highest BCUT2D eigenvalue weighted by atomic mass is 127. The van der Waals surface area contributed by atoms with Crippen LogP contribution < -0.4 is 20.3 Å². The van der Waals surface area contributed by atoms with Crippen LogP contribution in [0.4, 0.5) is 5.69 Å². The predicted molar refractivity (Wildman–Crippen MR) is 133 cm³/mol. The second-order valence-corrected chi connectivity index (χ2v) is 6.95. The first-order valence-electron chi connectivity index (χ1n) is 9.76. The Bertz CT molecular complexity index is 843. The second kappa shape index (κ2) is 11.7. The molecule has 5 nitrogen and oxygen atoms in total. The topological polar surface area (TPSA) is 48.9 Å². The van der Waals surface area contributed by atoms with Crippen molar-refractivity contribution >= 4 is 35.6 Å². The molecule has 6 heteroatoms. The molecule has 0 spiro atoms. The van der Waals surface area contributed by atoms with Crippen LogP contribution >= 0.6 is 24.0 Å². The first kappa shape index (κ1) is 23.1. The van der Waals surface area contributed by atoms with Crippen LogP contribution in [0.1, 0.15) is 16.7 Å². The molecule has 0 unspecified atom stereocenters. The Labute approximate surface area is 191 Å². The van der Waals surface area contributed by atoms with Crippen molar-refractivity contribution in [3.05, 3.63) is 71.3 Å². The average Bonchev–Trinajstić information content (AvgIpc) is 3.27. The number of aliphatic imine (C=N–C) groups is 1. The molecule has 3 rings (SSSR count). The van der Waals surface area contributed by atoms with Gasteiger partial charge in [0.1, 0.15) is 5.75 Å². The van der Waals surface area contributed by atoms with Crippen LogP contribution in [-0.4, -0.2) is 39.8 Å². The monoisotopic (exact) mass is 506 g/mol. The number of benzene rings is 2. The van der Waals surface area contributed by atoms with Crippen LogP contribution in [-0.2, 0) is 13.0 Å². The lowest BCUT2D eigenvalue weighted by atomic mass is 10.1. The molecule has 1 aliphatic heterocycles. The van der Waals surface area contributed by atoms with Crippen molar-refractivity contribution in [1.82, 2.24) is 10.6 Å². The first-order valence-corrected chi connectivity index (χ1v) is 9.76.